The van der Waals surface area contributed by atoms with Crippen LogP contribution >= 0.6 is 0 Å². The number of nitrogens with one attached hydrogen (secondary N) is 1. The minimum atomic E-state index is -0.220. The van der Waals surface area contributed by atoms with Gasteiger partial charge in [-0.15, -0.1) is 0 Å². The minimum Gasteiger partial charge on any atom is -0.394 e. The summed E-state index contributed by atoms with van der Waals surface area (Å²) in [6.45, 7) is 0.101. The lowest BCUT2D eigenvalue weighted by atomic mass is 10.1. The number of aliphatic hydroxyl groups is 1. The van der Waals surface area contributed by atoms with Crippen molar-refractivity contribution in [1.82, 2.24) is 4.98 Å². The summed E-state index contributed by atoms with van der Waals surface area (Å²) >= 11 is 0. The summed E-state index contributed by atoms with van der Waals surface area (Å²) in [4.78, 5) is 4.48. The summed E-state index contributed by atoms with van der Waals surface area (Å²) in [5, 5.41) is 22.6. The molecule has 0 saturated heterocycles. The van der Waals surface area contributed by atoms with Crippen LogP contribution in [-0.2, 0) is 0 Å². The first-order chi connectivity index (χ1) is 8.76. The van der Waals surface area contributed by atoms with Crippen molar-refractivity contribution in [2.75, 3.05) is 11.9 Å². The van der Waals surface area contributed by atoms with Crippen LogP contribution in [0.5, 0.6) is 0 Å². The first-order valence-corrected chi connectivity index (χ1v) is 5.95. The monoisotopic (exact) mass is 239 g/mol. The van der Waals surface area contributed by atoms with Gasteiger partial charge in [0.25, 0.3) is 0 Å². The van der Waals surface area contributed by atoms with Crippen LogP contribution in [0.1, 0.15) is 18.4 Å². The van der Waals surface area contributed by atoms with Crippen LogP contribution in [0.4, 0.5) is 5.82 Å². The van der Waals surface area contributed by atoms with Crippen molar-refractivity contribution in [3.8, 4) is 6.07 Å². The molecule has 1 aliphatic rings. The number of para-hydroxylation sites is 1. The van der Waals surface area contributed by atoms with E-state index in [1.807, 2.05) is 24.3 Å². The molecule has 90 valence electrons. The molecule has 4 nitrogen and oxygen atoms in total. The van der Waals surface area contributed by atoms with E-state index in [9.17, 15) is 10.4 Å². The van der Waals surface area contributed by atoms with Gasteiger partial charge in [-0.2, -0.15) is 5.26 Å². The second-order valence-corrected chi connectivity index (χ2v) is 4.75. The second-order valence-electron chi connectivity index (χ2n) is 4.75. The Morgan fingerprint density at radius 1 is 1.39 bits per heavy atom. The molecule has 0 atom stereocenters. The van der Waals surface area contributed by atoms with Crippen LogP contribution < -0.4 is 5.32 Å². The Bertz CT molecular complexity index is 641. The maximum Gasteiger partial charge on any atom is 0.128 e. The molecule has 1 aliphatic carbocycles. The van der Waals surface area contributed by atoms with Gasteiger partial charge in [-0.05, 0) is 25.0 Å². The van der Waals surface area contributed by atoms with E-state index in [0.717, 1.165) is 23.7 Å². The van der Waals surface area contributed by atoms with E-state index in [1.54, 1.807) is 6.07 Å². The molecule has 2 aromatic rings. The van der Waals surface area contributed by atoms with Crippen molar-refractivity contribution < 1.29 is 5.11 Å². The van der Waals surface area contributed by atoms with Gasteiger partial charge >= 0.3 is 0 Å². The van der Waals surface area contributed by atoms with Crippen molar-refractivity contribution >= 4 is 16.7 Å². The van der Waals surface area contributed by atoms with Crippen molar-refractivity contribution in [2.24, 2.45) is 0 Å². The average molecular weight is 239 g/mol. The SMILES string of the molecule is N#Cc1cc(NC2(CO)CC2)nc2ccccc12. The fourth-order valence-corrected chi connectivity index (χ4v) is 2.08. The molecular weight excluding hydrogens is 226 g/mol. The highest BCUT2D eigenvalue weighted by Gasteiger charge is 2.42. The Balaban J connectivity index is 2.06. The van der Waals surface area contributed by atoms with Crippen molar-refractivity contribution in [3.05, 3.63) is 35.9 Å². The summed E-state index contributed by atoms with van der Waals surface area (Å²) in [6.07, 6.45) is 1.89. The molecule has 3 rings (SSSR count). The van der Waals surface area contributed by atoms with Crippen LogP contribution in [0.2, 0.25) is 0 Å². The van der Waals surface area contributed by atoms with E-state index in [4.69, 9.17) is 0 Å². The molecule has 1 saturated carbocycles. The van der Waals surface area contributed by atoms with E-state index >= 15 is 0 Å². The molecule has 1 aromatic carbocycles. The second kappa shape index (κ2) is 3.97. The Morgan fingerprint density at radius 2 is 2.17 bits per heavy atom. The first-order valence-electron chi connectivity index (χ1n) is 5.95. The van der Waals surface area contributed by atoms with Crippen LogP contribution in [0.3, 0.4) is 0 Å². The van der Waals surface area contributed by atoms with Crippen LogP contribution in [0, 0.1) is 11.3 Å². The quantitative estimate of drug-likeness (QED) is 0.860. The lowest BCUT2D eigenvalue weighted by molar-refractivity contribution is 0.266. The molecule has 0 radical (unpaired) electrons. The van der Waals surface area contributed by atoms with Crippen LogP contribution in [-0.4, -0.2) is 22.2 Å². The fraction of sp³-hybridized carbons (Fsp3) is 0.286. The summed E-state index contributed by atoms with van der Waals surface area (Å²) in [7, 11) is 0. The predicted octanol–water partition coefficient (Wildman–Crippen LogP) is 2.04. The summed E-state index contributed by atoms with van der Waals surface area (Å²) in [5.41, 5.74) is 1.19. The molecule has 0 bridgehead atoms. The molecule has 1 fully saturated rings. The third kappa shape index (κ3) is 1.79. The molecule has 2 N–H and O–H groups in total. The number of hydrogen-bond acceptors (Lipinski definition) is 4. The van der Waals surface area contributed by atoms with Gasteiger partial charge in [0.2, 0.25) is 0 Å². The standard InChI is InChI=1S/C14H13N3O/c15-8-10-7-13(17-14(9-18)5-6-14)16-12-4-2-1-3-11(10)12/h1-4,7,18H,5-6,9H2,(H,16,17). The summed E-state index contributed by atoms with van der Waals surface area (Å²) < 4.78 is 0. The lowest BCUT2D eigenvalue weighted by Crippen LogP contribution is -2.26. The maximum atomic E-state index is 9.30. The van der Waals surface area contributed by atoms with Crippen molar-refractivity contribution in [1.29, 1.82) is 5.26 Å². The molecule has 1 heterocycles. The number of anilines is 1. The third-order valence-corrected chi connectivity index (χ3v) is 3.39. The van der Waals surface area contributed by atoms with E-state index < -0.39 is 0 Å². The number of rotatable bonds is 3. The summed E-state index contributed by atoms with van der Waals surface area (Å²) in [5.74, 6) is 0.664. The Morgan fingerprint density at radius 3 is 2.83 bits per heavy atom. The van der Waals surface area contributed by atoms with Gasteiger partial charge in [0, 0.05) is 5.39 Å². The largest absolute Gasteiger partial charge is 0.394 e. The smallest absolute Gasteiger partial charge is 0.128 e. The molecule has 0 unspecified atom stereocenters. The topological polar surface area (TPSA) is 68.9 Å². The third-order valence-electron chi connectivity index (χ3n) is 3.39. The van der Waals surface area contributed by atoms with Gasteiger partial charge in [0.05, 0.1) is 29.3 Å². The summed E-state index contributed by atoms with van der Waals surface area (Å²) in [6, 6.07) is 11.5. The van der Waals surface area contributed by atoms with Gasteiger partial charge in [-0.25, -0.2) is 4.98 Å². The van der Waals surface area contributed by atoms with E-state index in [-0.39, 0.29) is 12.1 Å². The first kappa shape index (κ1) is 11.0. The Kier molecular flexibility index (Phi) is 2.42. The highest BCUT2D eigenvalue weighted by atomic mass is 16.3. The van der Waals surface area contributed by atoms with Gasteiger partial charge in [-0.1, -0.05) is 18.2 Å². The van der Waals surface area contributed by atoms with Gasteiger partial charge in [0.1, 0.15) is 5.82 Å². The van der Waals surface area contributed by atoms with E-state index in [1.165, 1.54) is 0 Å². The number of aromatic nitrogens is 1. The fourth-order valence-electron chi connectivity index (χ4n) is 2.08. The Hall–Kier alpha value is -2.12. The van der Waals surface area contributed by atoms with Crippen LogP contribution in [0.25, 0.3) is 10.9 Å². The van der Waals surface area contributed by atoms with Crippen molar-refractivity contribution in [3.63, 3.8) is 0 Å². The molecular formula is C14H13N3O. The zero-order valence-electron chi connectivity index (χ0n) is 9.85. The highest BCUT2D eigenvalue weighted by molar-refractivity contribution is 5.86. The average Bonchev–Trinajstić information content (AvgIpc) is 3.18. The number of fused-ring (bicyclic) bond motifs is 1. The molecule has 4 heteroatoms. The highest BCUT2D eigenvalue weighted by Crippen LogP contribution is 2.38. The number of nitrogens with zero attached hydrogens (tertiary/aromatic N) is 2. The molecule has 1 aromatic heterocycles. The minimum absolute atomic E-state index is 0.101. The number of pyridine rings is 1. The van der Waals surface area contributed by atoms with E-state index in [2.05, 4.69) is 16.4 Å². The zero-order valence-corrected chi connectivity index (χ0v) is 9.85. The molecule has 18 heavy (non-hydrogen) atoms. The van der Waals surface area contributed by atoms with E-state index in [0.29, 0.717) is 11.4 Å². The molecule has 0 spiro atoms. The number of nitriles is 1. The normalized spacial score (nSPS) is 16.2. The Labute approximate surface area is 105 Å². The maximum absolute atomic E-state index is 9.30. The zero-order chi connectivity index (χ0) is 12.6. The number of hydrogen-bond donors (Lipinski definition) is 2. The van der Waals surface area contributed by atoms with Gasteiger partial charge in [-0.3, -0.25) is 0 Å². The number of benzene rings is 1. The van der Waals surface area contributed by atoms with Gasteiger partial charge in [0.15, 0.2) is 0 Å². The number of aliphatic hydroxyl groups excluding tert-OH is 1. The van der Waals surface area contributed by atoms with Crippen molar-refractivity contribution in [2.45, 2.75) is 18.4 Å². The van der Waals surface area contributed by atoms with Crippen LogP contribution in [0.15, 0.2) is 30.3 Å². The lowest BCUT2D eigenvalue weighted by Gasteiger charge is -2.15. The molecule has 0 aliphatic heterocycles. The van der Waals surface area contributed by atoms with Gasteiger partial charge < -0.3 is 10.4 Å². The molecule has 0 amide bonds. The predicted molar refractivity (Wildman–Crippen MR) is 69.1 cm³/mol.